The molecule has 5 heteroatoms. The van der Waals surface area contributed by atoms with Gasteiger partial charge in [0.1, 0.15) is 17.4 Å². The molecule has 2 aromatic carbocycles. The molecule has 0 aliphatic carbocycles. The molecule has 24 heavy (non-hydrogen) atoms. The second-order valence-corrected chi connectivity index (χ2v) is 5.43. The predicted molar refractivity (Wildman–Crippen MR) is 94.9 cm³/mol. The van der Waals surface area contributed by atoms with Crippen LogP contribution in [-0.2, 0) is 4.74 Å². The summed E-state index contributed by atoms with van der Waals surface area (Å²) in [6, 6.07) is 10.5. The lowest BCUT2D eigenvalue weighted by Gasteiger charge is -2.05. The van der Waals surface area contributed by atoms with E-state index in [-0.39, 0.29) is 5.56 Å². The Bertz CT molecular complexity index is 796. The first-order valence-electron chi connectivity index (χ1n) is 7.16. The number of allylic oxidation sites excluding steroid dienone is 2. The molecule has 124 valence electrons. The van der Waals surface area contributed by atoms with Gasteiger partial charge in [-0.25, -0.2) is 8.78 Å². The van der Waals surface area contributed by atoms with Crippen LogP contribution in [-0.4, -0.2) is 13.3 Å². The van der Waals surface area contributed by atoms with Gasteiger partial charge >= 0.3 is 0 Å². The number of hydrogen-bond acceptors (Lipinski definition) is 2. The number of ether oxygens (including phenoxy) is 1. The maximum absolute atomic E-state index is 14.1. The second kappa shape index (κ2) is 8.41. The second-order valence-electron chi connectivity index (χ2n) is 5.00. The lowest BCUT2D eigenvalue weighted by Crippen LogP contribution is -1.93. The molecule has 2 nitrogen and oxygen atoms in total. The fourth-order valence-corrected chi connectivity index (χ4v) is 2.05. The van der Waals surface area contributed by atoms with Crippen LogP contribution in [0.15, 0.2) is 59.4 Å². The van der Waals surface area contributed by atoms with Crippen LogP contribution in [0, 0.1) is 11.6 Å². The molecule has 0 radical (unpaired) electrons. The highest BCUT2D eigenvalue weighted by Crippen LogP contribution is 2.22. The van der Waals surface area contributed by atoms with Gasteiger partial charge in [-0.1, -0.05) is 23.7 Å². The fourth-order valence-electron chi connectivity index (χ4n) is 1.92. The summed E-state index contributed by atoms with van der Waals surface area (Å²) in [5.74, 6) is -0.681. The Morgan fingerprint density at radius 1 is 1.12 bits per heavy atom. The van der Waals surface area contributed by atoms with E-state index in [1.165, 1.54) is 31.7 Å². The minimum absolute atomic E-state index is 0.249. The van der Waals surface area contributed by atoms with E-state index in [4.69, 9.17) is 16.3 Å². The van der Waals surface area contributed by atoms with Crippen LogP contribution in [0.3, 0.4) is 0 Å². The van der Waals surface area contributed by atoms with E-state index in [0.29, 0.717) is 16.4 Å². The molecule has 0 fully saturated rings. The molecule has 0 atom stereocenters. The van der Waals surface area contributed by atoms with Gasteiger partial charge in [-0.2, -0.15) is 0 Å². The third kappa shape index (κ3) is 5.03. The summed E-state index contributed by atoms with van der Waals surface area (Å²) in [5.41, 5.74) is 1.56. The number of benzene rings is 2. The molecule has 0 heterocycles. The molecule has 2 aromatic rings. The average Bonchev–Trinajstić information content (AvgIpc) is 2.56. The number of nitrogens with zero attached hydrogens (tertiary/aromatic N) is 1. The molecule has 0 aliphatic heterocycles. The van der Waals surface area contributed by atoms with E-state index in [9.17, 15) is 8.78 Å². The van der Waals surface area contributed by atoms with Crippen LogP contribution >= 0.6 is 11.6 Å². The Morgan fingerprint density at radius 2 is 1.83 bits per heavy atom. The van der Waals surface area contributed by atoms with Crippen molar-refractivity contribution in [1.29, 1.82) is 0 Å². The summed E-state index contributed by atoms with van der Waals surface area (Å²) < 4.78 is 32.3. The predicted octanol–water partition coefficient (Wildman–Crippen LogP) is 5.74. The Morgan fingerprint density at radius 3 is 2.46 bits per heavy atom. The quantitative estimate of drug-likeness (QED) is 0.384. The summed E-state index contributed by atoms with van der Waals surface area (Å²) >= 11 is 5.87. The highest BCUT2D eigenvalue weighted by atomic mass is 35.5. The molecule has 0 aromatic heterocycles. The Hall–Kier alpha value is -2.46. The first-order chi connectivity index (χ1) is 11.5. The highest BCUT2D eigenvalue weighted by Gasteiger charge is 2.08. The first kappa shape index (κ1) is 17.9. The number of rotatable bonds is 5. The van der Waals surface area contributed by atoms with Crippen LogP contribution in [0.4, 0.5) is 8.78 Å². The van der Waals surface area contributed by atoms with Crippen LogP contribution in [0.1, 0.15) is 18.1 Å². The molecule has 0 saturated heterocycles. The van der Waals surface area contributed by atoms with Crippen LogP contribution in [0.5, 0.6) is 0 Å². The van der Waals surface area contributed by atoms with E-state index in [1.54, 1.807) is 37.3 Å². The van der Waals surface area contributed by atoms with Gasteiger partial charge in [0.15, 0.2) is 0 Å². The SMILES string of the molecule is CO\C(C)=C/N=C/C(=C/c1ccc(Cl)cc1)c1ccc(F)cc1F. The van der Waals surface area contributed by atoms with Crippen LogP contribution in [0.2, 0.25) is 5.02 Å². The molecule has 0 saturated carbocycles. The minimum atomic E-state index is -0.658. The van der Waals surface area contributed by atoms with Gasteiger partial charge in [0.2, 0.25) is 0 Å². The zero-order valence-electron chi connectivity index (χ0n) is 13.3. The maximum atomic E-state index is 14.1. The van der Waals surface area contributed by atoms with Gasteiger partial charge in [-0.05, 0) is 42.8 Å². The van der Waals surface area contributed by atoms with Crippen molar-refractivity contribution in [1.82, 2.24) is 0 Å². The lowest BCUT2D eigenvalue weighted by atomic mass is 10.0. The highest BCUT2D eigenvalue weighted by molar-refractivity contribution is 6.30. The van der Waals surface area contributed by atoms with Gasteiger partial charge < -0.3 is 4.74 Å². The molecule has 0 N–H and O–H groups in total. The van der Waals surface area contributed by atoms with E-state index < -0.39 is 11.6 Å². The molecule has 0 aliphatic rings. The Kier molecular flexibility index (Phi) is 6.27. The molecule has 0 bridgehead atoms. The van der Waals surface area contributed by atoms with Crippen molar-refractivity contribution in [3.05, 3.63) is 82.2 Å². The summed E-state index contributed by atoms with van der Waals surface area (Å²) in [6.45, 7) is 1.75. The maximum Gasteiger partial charge on any atom is 0.133 e. The molecule has 2 rings (SSSR count). The summed E-state index contributed by atoms with van der Waals surface area (Å²) in [5, 5.41) is 0.606. The first-order valence-corrected chi connectivity index (χ1v) is 7.54. The van der Waals surface area contributed by atoms with Crippen molar-refractivity contribution in [2.24, 2.45) is 4.99 Å². The topological polar surface area (TPSA) is 21.6 Å². The summed E-state index contributed by atoms with van der Waals surface area (Å²) in [4.78, 5) is 4.13. The third-order valence-electron chi connectivity index (χ3n) is 3.23. The molecule has 0 spiro atoms. The van der Waals surface area contributed by atoms with Crippen molar-refractivity contribution >= 4 is 29.5 Å². The van der Waals surface area contributed by atoms with Crippen LogP contribution < -0.4 is 0 Å². The lowest BCUT2D eigenvalue weighted by molar-refractivity contribution is 0.292. The molecular weight excluding hydrogens is 332 g/mol. The monoisotopic (exact) mass is 347 g/mol. The van der Waals surface area contributed by atoms with Gasteiger partial charge in [0.05, 0.1) is 13.3 Å². The van der Waals surface area contributed by atoms with E-state index >= 15 is 0 Å². The zero-order chi connectivity index (χ0) is 17.5. The Balaban J connectivity index is 2.46. The van der Waals surface area contributed by atoms with Gasteiger partial charge in [-0.3, -0.25) is 4.99 Å². The smallest absolute Gasteiger partial charge is 0.133 e. The van der Waals surface area contributed by atoms with Crippen molar-refractivity contribution in [2.75, 3.05) is 7.11 Å². The van der Waals surface area contributed by atoms with Gasteiger partial charge in [-0.15, -0.1) is 0 Å². The van der Waals surface area contributed by atoms with E-state index in [0.717, 1.165) is 11.6 Å². The van der Waals surface area contributed by atoms with E-state index in [1.807, 2.05) is 0 Å². The third-order valence-corrected chi connectivity index (χ3v) is 3.48. The van der Waals surface area contributed by atoms with E-state index in [2.05, 4.69) is 4.99 Å². The van der Waals surface area contributed by atoms with Crippen LogP contribution in [0.25, 0.3) is 11.6 Å². The number of halogens is 3. The fraction of sp³-hybridized carbons (Fsp3) is 0.105. The number of aliphatic imine (C=N–C) groups is 1. The normalized spacial score (nSPS) is 12.7. The number of methoxy groups -OCH3 is 1. The number of hydrogen-bond donors (Lipinski definition) is 0. The van der Waals surface area contributed by atoms with Crippen molar-refractivity contribution in [2.45, 2.75) is 6.92 Å². The average molecular weight is 348 g/mol. The zero-order valence-corrected chi connectivity index (χ0v) is 14.0. The molecule has 0 unspecified atom stereocenters. The van der Waals surface area contributed by atoms with Gasteiger partial charge in [0.25, 0.3) is 0 Å². The van der Waals surface area contributed by atoms with Gasteiger partial charge in [0, 0.05) is 28.4 Å². The summed E-state index contributed by atoms with van der Waals surface area (Å²) in [7, 11) is 1.53. The van der Waals surface area contributed by atoms with Crippen molar-refractivity contribution in [3.63, 3.8) is 0 Å². The Labute approximate surface area is 144 Å². The molecular formula is C19H16ClF2NO. The standard InChI is InChI=1S/C19H16ClF2NO/c1-13(24-2)11-23-12-15(9-14-3-5-16(20)6-4-14)18-8-7-17(21)10-19(18)22/h3-12H,1-2H3/b13-11-,15-9-,23-12+. The van der Waals surface area contributed by atoms with Crippen molar-refractivity contribution < 1.29 is 13.5 Å². The summed E-state index contributed by atoms with van der Waals surface area (Å²) in [6.07, 6.45) is 4.75. The molecule has 0 amide bonds. The van der Waals surface area contributed by atoms with Crippen molar-refractivity contribution in [3.8, 4) is 0 Å². The minimum Gasteiger partial charge on any atom is -0.500 e. The largest absolute Gasteiger partial charge is 0.500 e.